The number of carbonyl (C=O) groups is 2. The van der Waals surface area contributed by atoms with Crippen LogP contribution < -0.4 is 14.8 Å². The molecule has 0 saturated heterocycles. The lowest BCUT2D eigenvalue weighted by atomic mass is 10.1. The zero-order chi connectivity index (χ0) is 17.7. The van der Waals surface area contributed by atoms with Gasteiger partial charge in [0.1, 0.15) is 0 Å². The third-order valence-electron chi connectivity index (χ3n) is 3.35. The maximum atomic E-state index is 12.2. The van der Waals surface area contributed by atoms with E-state index in [0.717, 1.165) is 3.57 Å². The summed E-state index contributed by atoms with van der Waals surface area (Å²) in [7, 11) is 1.49. The molecule has 0 bridgehead atoms. The first kappa shape index (κ1) is 18.3. The van der Waals surface area contributed by atoms with E-state index in [1.165, 1.54) is 14.0 Å². The molecule has 1 amide bonds. The Morgan fingerprint density at radius 1 is 1.08 bits per heavy atom. The maximum absolute atomic E-state index is 12.2. The Hall–Kier alpha value is -2.09. The number of methoxy groups -OCH3 is 1. The van der Waals surface area contributed by atoms with Gasteiger partial charge in [-0.1, -0.05) is 0 Å². The van der Waals surface area contributed by atoms with Crippen molar-refractivity contribution in [1.29, 1.82) is 0 Å². The van der Waals surface area contributed by atoms with Crippen LogP contribution in [0.15, 0.2) is 42.5 Å². The van der Waals surface area contributed by atoms with Crippen LogP contribution in [0.1, 0.15) is 24.2 Å². The predicted molar refractivity (Wildman–Crippen MR) is 101 cm³/mol. The maximum Gasteiger partial charge on any atom is 0.265 e. The largest absolute Gasteiger partial charge is 0.493 e. The third kappa shape index (κ3) is 4.70. The number of halogens is 1. The van der Waals surface area contributed by atoms with E-state index in [9.17, 15) is 9.59 Å². The molecule has 0 aliphatic heterocycles. The first-order valence-electron chi connectivity index (χ1n) is 7.32. The fraction of sp³-hybridized carbons (Fsp3) is 0.222. The van der Waals surface area contributed by atoms with E-state index in [4.69, 9.17) is 9.47 Å². The number of hydrogen-bond acceptors (Lipinski definition) is 4. The Morgan fingerprint density at radius 2 is 1.75 bits per heavy atom. The van der Waals surface area contributed by atoms with Gasteiger partial charge in [-0.15, -0.1) is 0 Å². The lowest BCUT2D eigenvalue weighted by Crippen LogP contribution is -2.30. The van der Waals surface area contributed by atoms with Gasteiger partial charge in [0.2, 0.25) is 0 Å². The monoisotopic (exact) mass is 439 g/mol. The first-order valence-corrected chi connectivity index (χ1v) is 8.40. The molecule has 5 nitrogen and oxygen atoms in total. The molecule has 2 aromatic rings. The number of amides is 1. The molecule has 1 N–H and O–H groups in total. The summed E-state index contributed by atoms with van der Waals surface area (Å²) in [5, 5.41) is 2.79. The number of anilines is 1. The SMILES string of the molecule is COc1cc(C(C)=O)ccc1O[C@@H](C)C(=O)Nc1ccc(I)cc1. The molecule has 0 aliphatic rings. The number of Topliss-reactive ketones (excluding diaryl/α,β-unsaturated/α-hetero) is 1. The fourth-order valence-corrected chi connectivity index (χ4v) is 2.36. The highest BCUT2D eigenvalue weighted by atomic mass is 127. The molecule has 0 aromatic heterocycles. The summed E-state index contributed by atoms with van der Waals surface area (Å²) in [6, 6.07) is 12.3. The van der Waals surface area contributed by atoms with Crippen molar-refractivity contribution in [1.82, 2.24) is 0 Å². The average molecular weight is 439 g/mol. The number of ether oxygens (including phenoxy) is 2. The summed E-state index contributed by atoms with van der Waals surface area (Å²) in [4.78, 5) is 23.7. The molecular formula is C18H18INO4. The van der Waals surface area contributed by atoms with Crippen LogP contribution in [0.5, 0.6) is 11.5 Å². The van der Waals surface area contributed by atoms with Crippen molar-refractivity contribution >= 4 is 40.0 Å². The van der Waals surface area contributed by atoms with E-state index < -0.39 is 6.10 Å². The molecule has 0 unspecified atom stereocenters. The van der Waals surface area contributed by atoms with Gasteiger partial charge in [-0.05, 0) is 78.9 Å². The van der Waals surface area contributed by atoms with Crippen LogP contribution in [-0.2, 0) is 4.79 Å². The highest BCUT2D eigenvalue weighted by molar-refractivity contribution is 14.1. The fourth-order valence-electron chi connectivity index (χ4n) is 2.01. The van der Waals surface area contributed by atoms with Crippen molar-refractivity contribution in [3.63, 3.8) is 0 Å². The molecule has 0 spiro atoms. The first-order chi connectivity index (χ1) is 11.4. The summed E-state index contributed by atoms with van der Waals surface area (Å²) >= 11 is 2.20. The second-order valence-corrected chi connectivity index (χ2v) is 6.42. The molecule has 0 aliphatic carbocycles. The second-order valence-electron chi connectivity index (χ2n) is 5.18. The lowest BCUT2D eigenvalue weighted by Gasteiger charge is -2.17. The molecule has 24 heavy (non-hydrogen) atoms. The Kier molecular flexibility index (Phi) is 6.19. The number of nitrogens with one attached hydrogen (secondary N) is 1. The van der Waals surface area contributed by atoms with Gasteiger partial charge < -0.3 is 14.8 Å². The molecule has 2 rings (SSSR count). The van der Waals surface area contributed by atoms with E-state index in [1.54, 1.807) is 25.1 Å². The average Bonchev–Trinajstić information content (AvgIpc) is 2.56. The lowest BCUT2D eigenvalue weighted by molar-refractivity contribution is -0.122. The molecule has 6 heteroatoms. The highest BCUT2D eigenvalue weighted by Crippen LogP contribution is 2.29. The molecule has 0 heterocycles. The predicted octanol–water partition coefficient (Wildman–Crippen LogP) is 3.91. The highest BCUT2D eigenvalue weighted by Gasteiger charge is 2.18. The minimum absolute atomic E-state index is 0.0654. The standard InChI is InChI=1S/C18H18INO4/c1-11(21)13-4-9-16(17(10-13)23-3)24-12(2)18(22)20-15-7-5-14(19)6-8-15/h4-10,12H,1-3H3,(H,20,22)/t12-/m0/s1. The van der Waals surface area contributed by atoms with Crippen molar-refractivity contribution in [2.45, 2.75) is 20.0 Å². The van der Waals surface area contributed by atoms with Gasteiger partial charge in [0, 0.05) is 14.8 Å². The van der Waals surface area contributed by atoms with E-state index >= 15 is 0 Å². The summed E-state index contributed by atoms with van der Waals surface area (Å²) in [5.41, 5.74) is 1.23. The normalized spacial score (nSPS) is 11.5. The Morgan fingerprint density at radius 3 is 2.33 bits per heavy atom. The van der Waals surface area contributed by atoms with Crippen LogP contribution in [0, 0.1) is 3.57 Å². The topological polar surface area (TPSA) is 64.6 Å². The molecular weight excluding hydrogens is 421 g/mol. The minimum atomic E-state index is -0.721. The van der Waals surface area contributed by atoms with E-state index in [0.29, 0.717) is 22.7 Å². The summed E-state index contributed by atoms with van der Waals surface area (Å²) in [6.45, 7) is 3.13. The molecule has 0 saturated carbocycles. The Bertz CT molecular complexity index is 743. The zero-order valence-corrected chi connectivity index (χ0v) is 15.8. The Labute approximate surface area is 154 Å². The van der Waals surface area contributed by atoms with E-state index in [-0.39, 0.29) is 11.7 Å². The van der Waals surface area contributed by atoms with Gasteiger partial charge in [-0.2, -0.15) is 0 Å². The van der Waals surface area contributed by atoms with Gasteiger partial charge in [0.15, 0.2) is 23.4 Å². The number of hydrogen-bond donors (Lipinski definition) is 1. The van der Waals surface area contributed by atoms with Crippen LogP contribution in [-0.4, -0.2) is 24.9 Å². The molecule has 126 valence electrons. The van der Waals surface area contributed by atoms with Crippen LogP contribution >= 0.6 is 22.6 Å². The van der Waals surface area contributed by atoms with Gasteiger partial charge in [-0.3, -0.25) is 9.59 Å². The van der Waals surface area contributed by atoms with Gasteiger partial charge in [0.05, 0.1) is 7.11 Å². The molecule has 2 aromatic carbocycles. The van der Waals surface area contributed by atoms with Crippen LogP contribution in [0.25, 0.3) is 0 Å². The van der Waals surface area contributed by atoms with Gasteiger partial charge >= 0.3 is 0 Å². The van der Waals surface area contributed by atoms with Crippen molar-refractivity contribution in [2.75, 3.05) is 12.4 Å². The van der Waals surface area contributed by atoms with Crippen molar-refractivity contribution in [3.05, 3.63) is 51.6 Å². The van der Waals surface area contributed by atoms with Crippen molar-refractivity contribution < 1.29 is 19.1 Å². The van der Waals surface area contributed by atoms with Gasteiger partial charge in [0.25, 0.3) is 5.91 Å². The smallest absolute Gasteiger partial charge is 0.265 e. The second kappa shape index (κ2) is 8.14. The van der Waals surface area contributed by atoms with Crippen LogP contribution in [0.3, 0.4) is 0 Å². The van der Waals surface area contributed by atoms with Crippen molar-refractivity contribution in [3.8, 4) is 11.5 Å². The number of benzene rings is 2. The van der Waals surface area contributed by atoms with Crippen LogP contribution in [0.2, 0.25) is 0 Å². The summed E-state index contributed by atoms with van der Waals surface area (Å²) in [6.07, 6.45) is -0.721. The van der Waals surface area contributed by atoms with Crippen molar-refractivity contribution in [2.24, 2.45) is 0 Å². The number of rotatable bonds is 6. The van der Waals surface area contributed by atoms with Crippen LogP contribution in [0.4, 0.5) is 5.69 Å². The molecule has 0 fully saturated rings. The zero-order valence-electron chi connectivity index (χ0n) is 13.6. The molecule has 1 atom stereocenters. The minimum Gasteiger partial charge on any atom is -0.493 e. The number of ketones is 1. The Balaban J connectivity index is 2.08. The number of carbonyl (C=O) groups excluding carboxylic acids is 2. The van der Waals surface area contributed by atoms with Gasteiger partial charge in [-0.25, -0.2) is 0 Å². The van der Waals surface area contributed by atoms with E-state index in [2.05, 4.69) is 27.9 Å². The third-order valence-corrected chi connectivity index (χ3v) is 4.07. The summed E-state index contributed by atoms with van der Waals surface area (Å²) in [5.74, 6) is 0.489. The molecule has 0 radical (unpaired) electrons. The van der Waals surface area contributed by atoms with E-state index in [1.807, 2.05) is 24.3 Å². The summed E-state index contributed by atoms with van der Waals surface area (Å²) < 4.78 is 12.0. The quantitative estimate of drug-likeness (QED) is 0.548.